The van der Waals surface area contributed by atoms with Crippen LogP contribution in [0, 0.1) is 22.7 Å². The second-order valence-electron chi connectivity index (χ2n) is 10.9. The topological polar surface area (TPSA) is 37.3 Å². The minimum absolute atomic E-state index is 0.0116. The number of allylic oxidation sites excluding steroid dienone is 4. The van der Waals surface area contributed by atoms with Crippen LogP contribution in [-0.4, -0.2) is 37.2 Å². The number of alkyl halides is 1. The molecule has 0 spiro atoms. The minimum Gasteiger partial charge on any atom is -0.390 e. The third kappa shape index (κ3) is 2.97. The van der Waals surface area contributed by atoms with Crippen LogP contribution < -0.4 is 0 Å². The number of carbonyl (C=O) groups is 1. The van der Waals surface area contributed by atoms with Gasteiger partial charge in [-0.15, -0.1) is 23.5 Å². The molecule has 6 atom stereocenters. The summed E-state index contributed by atoms with van der Waals surface area (Å²) in [5.74, 6) is 0.0302. The van der Waals surface area contributed by atoms with Gasteiger partial charge in [-0.05, 0) is 62.5 Å². The fourth-order valence-electron chi connectivity index (χ4n) is 7.34. The Kier molecular flexibility index (Phi) is 5.64. The van der Waals surface area contributed by atoms with Crippen LogP contribution in [0.3, 0.4) is 0 Å². The summed E-state index contributed by atoms with van der Waals surface area (Å²) < 4.78 is 17.2. The molecule has 0 heterocycles. The molecule has 4 aliphatic rings. The first-order valence-corrected chi connectivity index (χ1v) is 13.3. The molecule has 0 saturated heterocycles. The summed E-state index contributed by atoms with van der Waals surface area (Å²) >= 11 is 4.09. The summed E-state index contributed by atoms with van der Waals surface area (Å²) in [6, 6.07) is 0. The molecule has 0 amide bonds. The zero-order valence-electron chi connectivity index (χ0n) is 19.2. The molecule has 4 aliphatic carbocycles. The molecular formula is C25H37FO2S2. The van der Waals surface area contributed by atoms with Crippen molar-refractivity contribution in [1.29, 1.82) is 0 Å². The fraction of sp³-hybridized carbons (Fsp3) is 0.800. The van der Waals surface area contributed by atoms with E-state index in [9.17, 15) is 9.90 Å². The van der Waals surface area contributed by atoms with Crippen LogP contribution in [0.2, 0.25) is 0 Å². The van der Waals surface area contributed by atoms with Gasteiger partial charge in [-0.2, -0.15) is 0 Å². The molecule has 1 N–H and O–H groups in total. The van der Waals surface area contributed by atoms with Crippen molar-refractivity contribution in [3.8, 4) is 0 Å². The first-order valence-electron chi connectivity index (χ1n) is 11.6. The van der Waals surface area contributed by atoms with E-state index in [0.29, 0.717) is 16.9 Å². The molecule has 0 aromatic rings. The standard InChI is InChI=1S/C25H37FO2S2/c1-15(2)29-24(30-16(3)4)12-10-19-20-8-7-17-13-18(27)9-11-22(17,5)25(20,26)21(28)14-23(19,24)6/h9,11,13,15-16,19-21,28H,7-8,10,12,14H2,1-6H3/t19-,20-,21-,22-,23-,25?/m0/s1. The summed E-state index contributed by atoms with van der Waals surface area (Å²) in [6.07, 6.45) is 7.95. The molecule has 0 bridgehead atoms. The third-order valence-corrected chi connectivity index (χ3v) is 12.2. The summed E-state index contributed by atoms with van der Waals surface area (Å²) in [5.41, 5.74) is -1.83. The maximum absolute atomic E-state index is 17.2. The van der Waals surface area contributed by atoms with Gasteiger partial charge in [0.25, 0.3) is 0 Å². The molecule has 5 heteroatoms. The number of hydrogen-bond acceptors (Lipinski definition) is 4. The summed E-state index contributed by atoms with van der Waals surface area (Å²) in [7, 11) is 0. The van der Waals surface area contributed by atoms with Gasteiger partial charge in [0, 0.05) is 21.8 Å². The Bertz CT molecular complexity index is 780. The lowest BCUT2D eigenvalue weighted by Crippen LogP contribution is -2.67. The largest absolute Gasteiger partial charge is 0.390 e. The Labute approximate surface area is 189 Å². The Morgan fingerprint density at radius 1 is 1.10 bits per heavy atom. The van der Waals surface area contributed by atoms with E-state index in [4.69, 9.17) is 0 Å². The summed E-state index contributed by atoms with van der Waals surface area (Å²) in [4.78, 5) is 12.0. The van der Waals surface area contributed by atoms with Crippen LogP contribution in [0.15, 0.2) is 23.8 Å². The maximum atomic E-state index is 17.2. The van der Waals surface area contributed by atoms with Crippen molar-refractivity contribution in [1.82, 2.24) is 0 Å². The summed E-state index contributed by atoms with van der Waals surface area (Å²) in [5, 5.41) is 12.5. The second kappa shape index (κ2) is 7.38. The van der Waals surface area contributed by atoms with Crippen LogP contribution in [0.5, 0.6) is 0 Å². The van der Waals surface area contributed by atoms with E-state index < -0.39 is 17.2 Å². The zero-order valence-corrected chi connectivity index (χ0v) is 20.8. The molecule has 3 fully saturated rings. The van der Waals surface area contributed by atoms with Crippen molar-refractivity contribution in [2.45, 2.75) is 100.0 Å². The van der Waals surface area contributed by atoms with Crippen molar-refractivity contribution < 1.29 is 14.3 Å². The van der Waals surface area contributed by atoms with E-state index in [0.717, 1.165) is 31.3 Å². The van der Waals surface area contributed by atoms with Crippen molar-refractivity contribution in [3.05, 3.63) is 23.8 Å². The number of aliphatic hydroxyl groups is 1. The van der Waals surface area contributed by atoms with Crippen molar-refractivity contribution in [2.75, 3.05) is 0 Å². The molecule has 3 saturated carbocycles. The molecule has 0 aromatic carbocycles. The Morgan fingerprint density at radius 3 is 2.33 bits per heavy atom. The number of ketones is 1. The van der Waals surface area contributed by atoms with Crippen molar-refractivity contribution in [2.24, 2.45) is 22.7 Å². The van der Waals surface area contributed by atoms with Gasteiger partial charge in [0.05, 0.1) is 10.2 Å². The predicted octanol–water partition coefficient (Wildman–Crippen LogP) is 6.34. The summed E-state index contributed by atoms with van der Waals surface area (Å²) in [6.45, 7) is 13.3. The Balaban J connectivity index is 1.78. The van der Waals surface area contributed by atoms with E-state index >= 15 is 4.39 Å². The number of aliphatic hydroxyl groups excluding tert-OH is 1. The number of hydrogen-bond donors (Lipinski definition) is 1. The van der Waals surface area contributed by atoms with Gasteiger partial charge >= 0.3 is 0 Å². The first-order chi connectivity index (χ1) is 13.9. The van der Waals surface area contributed by atoms with Crippen molar-refractivity contribution in [3.63, 3.8) is 0 Å². The number of fused-ring (bicyclic) bond motifs is 5. The first kappa shape index (κ1) is 22.9. The maximum Gasteiger partial charge on any atom is 0.178 e. The molecule has 0 aliphatic heterocycles. The molecule has 0 radical (unpaired) electrons. The fourth-order valence-corrected chi connectivity index (χ4v) is 11.7. The number of carbonyl (C=O) groups excluding carboxylic acids is 1. The highest BCUT2D eigenvalue weighted by Gasteiger charge is 2.73. The smallest absolute Gasteiger partial charge is 0.178 e. The van der Waals surface area contributed by atoms with E-state index in [1.807, 2.05) is 30.4 Å². The second-order valence-corrected chi connectivity index (χ2v) is 14.9. The van der Waals surface area contributed by atoms with Gasteiger partial charge in [0.2, 0.25) is 0 Å². The van der Waals surface area contributed by atoms with Crippen LogP contribution in [0.4, 0.5) is 4.39 Å². The van der Waals surface area contributed by atoms with Crippen LogP contribution in [-0.2, 0) is 4.79 Å². The van der Waals surface area contributed by atoms with E-state index in [1.54, 1.807) is 12.2 Å². The number of thioether (sulfide) groups is 2. The highest BCUT2D eigenvalue weighted by atomic mass is 32.2. The normalized spacial score (nSPS) is 44.7. The Hall–Kier alpha value is -0.260. The average Bonchev–Trinajstić information content (AvgIpc) is 2.88. The van der Waals surface area contributed by atoms with Gasteiger partial charge in [-0.1, -0.05) is 46.3 Å². The molecule has 30 heavy (non-hydrogen) atoms. The molecule has 1 unspecified atom stereocenters. The lowest BCUT2D eigenvalue weighted by Gasteiger charge is -2.63. The molecule has 4 rings (SSSR count). The lowest BCUT2D eigenvalue weighted by atomic mass is 9.46. The van der Waals surface area contributed by atoms with E-state index in [1.165, 1.54) is 6.08 Å². The van der Waals surface area contributed by atoms with Gasteiger partial charge in [-0.3, -0.25) is 4.79 Å². The zero-order chi connectivity index (χ0) is 22.1. The van der Waals surface area contributed by atoms with Crippen LogP contribution >= 0.6 is 23.5 Å². The van der Waals surface area contributed by atoms with Gasteiger partial charge in [0.1, 0.15) is 0 Å². The molecule has 0 aromatic heterocycles. The average molecular weight is 453 g/mol. The molecule has 2 nitrogen and oxygen atoms in total. The van der Waals surface area contributed by atoms with Crippen LogP contribution in [0.25, 0.3) is 0 Å². The molecular weight excluding hydrogens is 415 g/mol. The molecule has 168 valence electrons. The third-order valence-electron chi connectivity index (χ3n) is 8.54. The lowest BCUT2D eigenvalue weighted by molar-refractivity contribution is -0.189. The Morgan fingerprint density at radius 2 is 1.73 bits per heavy atom. The quantitative estimate of drug-likeness (QED) is 0.505. The van der Waals surface area contributed by atoms with E-state index in [-0.39, 0.29) is 27.1 Å². The van der Waals surface area contributed by atoms with Crippen molar-refractivity contribution >= 4 is 29.3 Å². The minimum atomic E-state index is -1.71. The number of rotatable bonds is 4. The highest BCUT2D eigenvalue weighted by molar-refractivity contribution is 8.18. The monoisotopic (exact) mass is 452 g/mol. The van der Waals surface area contributed by atoms with Gasteiger partial charge in [-0.25, -0.2) is 4.39 Å². The van der Waals surface area contributed by atoms with Crippen LogP contribution in [0.1, 0.15) is 73.6 Å². The highest BCUT2D eigenvalue weighted by Crippen LogP contribution is 2.74. The van der Waals surface area contributed by atoms with Gasteiger partial charge < -0.3 is 5.11 Å². The SMILES string of the molecule is CC(C)SC1(SC(C)C)CC[C@H]2[C@@H]3CCC4=CC(=O)C=C[C@]4(C)C3(F)[C@@H](O)C[C@@]21C. The van der Waals surface area contributed by atoms with Gasteiger partial charge in [0.15, 0.2) is 11.5 Å². The number of halogens is 1. The van der Waals surface area contributed by atoms with E-state index in [2.05, 4.69) is 34.6 Å². The predicted molar refractivity (Wildman–Crippen MR) is 127 cm³/mol.